The average Bonchev–Trinajstić information content (AvgIpc) is 2.32. The molecule has 1 rings (SSSR count). The third-order valence-electron chi connectivity index (χ3n) is 2.64. The van der Waals surface area contributed by atoms with Crippen LogP contribution in [0.1, 0.15) is 20.3 Å². The molecule has 3 N–H and O–H groups in total. The van der Waals surface area contributed by atoms with Crippen molar-refractivity contribution < 1.29 is 19.3 Å². The number of aliphatic hydroxyl groups is 2. The van der Waals surface area contributed by atoms with Gasteiger partial charge in [0, 0.05) is 18.2 Å². The minimum atomic E-state index is -1.35. The van der Waals surface area contributed by atoms with E-state index < -0.39 is 29.9 Å². The summed E-state index contributed by atoms with van der Waals surface area (Å²) in [7, 11) is 0. The van der Waals surface area contributed by atoms with E-state index >= 15 is 0 Å². The molecule has 18 heavy (non-hydrogen) atoms. The van der Waals surface area contributed by atoms with Crippen LogP contribution in [0.2, 0.25) is 0 Å². The number of aliphatic hydroxyl groups excluding tert-OH is 2. The van der Waals surface area contributed by atoms with Gasteiger partial charge in [0.25, 0.3) is 0 Å². The number of thioether (sulfide) groups is 1. The first kappa shape index (κ1) is 15.5. The monoisotopic (exact) mass is 279 g/mol. The number of nitrogens with zero attached hydrogens (tertiary/aromatic N) is 1. The van der Waals surface area contributed by atoms with Crippen molar-refractivity contribution in [1.82, 2.24) is 9.98 Å². The van der Waals surface area contributed by atoms with Gasteiger partial charge in [-0.1, -0.05) is 0 Å². The number of halogens is 1. The van der Waals surface area contributed by atoms with E-state index in [9.17, 15) is 14.6 Å². The van der Waals surface area contributed by atoms with Crippen molar-refractivity contribution in [2.24, 2.45) is 0 Å². The predicted molar refractivity (Wildman–Crippen MR) is 71.4 cm³/mol. The molecule has 1 saturated heterocycles. The van der Waals surface area contributed by atoms with Gasteiger partial charge in [0.2, 0.25) is 0 Å². The van der Waals surface area contributed by atoms with Gasteiger partial charge in [-0.15, -0.1) is 0 Å². The molecule has 1 fully saturated rings. The lowest BCUT2D eigenvalue weighted by molar-refractivity contribution is -0.163. The van der Waals surface area contributed by atoms with Crippen molar-refractivity contribution in [3.63, 3.8) is 0 Å². The highest BCUT2D eigenvalue weighted by atomic mass is 32.2. The SMILES string of the molecule is C=[N+]=C(NCC)SC1CC(O)C(O)C(C(C)F)O1. The van der Waals surface area contributed by atoms with Crippen molar-refractivity contribution >= 4 is 23.6 Å². The first-order chi connectivity index (χ1) is 8.49. The van der Waals surface area contributed by atoms with Crippen LogP contribution in [-0.4, -0.2) is 58.6 Å². The standard InChI is InChI=1S/C11H19FN2O3S/c1-4-14-11(13-3)18-8-5-7(15)9(16)10(17-8)6(2)12/h6-10,15-16H,3-5H2,1-2H3/p+1. The van der Waals surface area contributed by atoms with Gasteiger partial charge in [0.15, 0.2) is 6.72 Å². The van der Waals surface area contributed by atoms with Gasteiger partial charge in [-0.2, -0.15) is 0 Å². The summed E-state index contributed by atoms with van der Waals surface area (Å²) in [5.41, 5.74) is -0.453. The second-order valence-corrected chi connectivity index (χ2v) is 5.26. The molecule has 0 aromatic carbocycles. The average molecular weight is 279 g/mol. The molecule has 104 valence electrons. The van der Waals surface area contributed by atoms with Crippen LogP contribution in [0.4, 0.5) is 4.39 Å². The summed E-state index contributed by atoms with van der Waals surface area (Å²) in [6.45, 7) is 7.32. The molecule has 0 aliphatic carbocycles. The fourth-order valence-corrected chi connectivity index (χ4v) is 2.76. The molecular formula is C11H20FN2O3S+. The first-order valence-corrected chi connectivity index (χ1v) is 6.77. The Bertz CT molecular complexity index is 323. The number of hydrogen-bond donors (Lipinski definition) is 3. The zero-order valence-electron chi connectivity index (χ0n) is 10.5. The summed E-state index contributed by atoms with van der Waals surface area (Å²) in [6, 6.07) is 0. The molecule has 5 atom stereocenters. The summed E-state index contributed by atoms with van der Waals surface area (Å²) in [5.74, 6) is 0. The Labute approximate surface area is 110 Å². The lowest BCUT2D eigenvalue weighted by Crippen LogP contribution is -2.51. The van der Waals surface area contributed by atoms with Gasteiger partial charge in [-0.05, 0) is 13.8 Å². The summed E-state index contributed by atoms with van der Waals surface area (Å²) in [4.78, 5) is 0. The van der Waals surface area contributed by atoms with Crippen LogP contribution < -0.4 is 9.98 Å². The van der Waals surface area contributed by atoms with Gasteiger partial charge >= 0.3 is 5.17 Å². The quantitative estimate of drug-likeness (QED) is 0.374. The van der Waals surface area contributed by atoms with Crippen LogP contribution in [0.3, 0.4) is 0 Å². The second-order valence-electron chi connectivity index (χ2n) is 4.11. The molecule has 0 saturated carbocycles. The smallest absolute Gasteiger partial charge is 0.390 e. The Balaban J connectivity index is 2.65. The predicted octanol–water partition coefficient (Wildman–Crippen LogP) is -0.352. The number of hydrogen-bond acceptors (Lipinski definition) is 4. The lowest BCUT2D eigenvalue weighted by atomic mass is 9.99. The van der Waals surface area contributed by atoms with Gasteiger partial charge in [0.05, 0.1) is 12.6 Å². The normalized spacial score (nSPS) is 33.6. The number of alkyl halides is 1. The van der Waals surface area contributed by atoms with Crippen LogP contribution in [-0.2, 0) is 4.74 Å². The van der Waals surface area contributed by atoms with E-state index in [-0.39, 0.29) is 6.42 Å². The highest BCUT2D eigenvalue weighted by Gasteiger charge is 2.41. The van der Waals surface area contributed by atoms with Gasteiger partial charge in [0.1, 0.15) is 23.8 Å². The molecule has 0 spiro atoms. The summed E-state index contributed by atoms with van der Waals surface area (Å²) in [6.07, 6.45) is -4.33. The van der Waals surface area contributed by atoms with Crippen molar-refractivity contribution in [3.05, 3.63) is 0 Å². The molecule has 0 aromatic heterocycles. The van der Waals surface area contributed by atoms with Gasteiger partial charge in [-0.3, -0.25) is 5.32 Å². The van der Waals surface area contributed by atoms with Crippen LogP contribution in [0, 0.1) is 0 Å². The highest BCUT2D eigenvalue weighted by molar-refractivity contribution is 8.14. The van der Waals surface area contributed by atoms with Gasteiger partial charge in [-0.25, -0.2) is 9.06 Å². The molecule has 0 amide bonds. The fraction of sp³-hybridized carbons (Fsp3) is 0.818. The summed E-state index contributed by atoms with van der Waals surface area (Å²) in [5, 5.41) is 22.9. The zero-order chi connectivity index (χ0) is 13.7. The van der Waals surface area contributed by atoms with Crippen molar-refractivity contribution in [1.29, 1.82) is 0 Å². The van der Waals surface area contributed by atoms with E-state index in [1.807, 2.05) is 6.92 Å². The first-order valence-electron chi connectivity index (χ1n) is 5.89. The van der Waals surface area contributed by atoms with Crippen LogP contribution in [0.15, 0.2) is 0 Å². The Morgan fingerprint density at radius 1 is 1.67 bits per heavy atom. The minimum Gasteiger partial charge on any atom is -0.390 e. The fourth-order valence-electron chi connectivity index (χ4n) is 1.73. The van der Waals surface area contributed by atoms with E-state index in [1.54, 1.807) is 0 Å². The van der Waals surface area contributed by atoms with Crippen molar-refractivity contribution in [2.45, 2.75) is 50.2 Å². The Morgan fingerprint density at radius 3 is 2.83 bits per heavy atom. The van der Waals surface area contributed by atoms with Gasteiger partial charge < -0.3 is 14.9 Å². The lowest BCUT2D eigenvalue weighted by Gasteiger charge is -2.36. The maximum absolute atomic E-state index is 13.3. The Morgan fingerprint density at radius 2 is 2.33 bits per heavy atom. The van der Waals surface area contributed by atoms with Crippen LogP contribution in [0.25, 0.3) is 0 Å². The highest BCUT2D eigenvalue weighted by Crippen LogP contribution is 2.29. The Hall–Kier alpha value is -0.590. The Kier molecular flexibility index (Phi) is 6.11. The molecule has 1 heterocycles. The summed E-state index contributed by atoms with van der Waals surface area (Å²) < 4.78 is 22.5. The number of ether oxygens (including phenoxy) is 1. The maximum atomic E-state index is 13.3. The number of rotatable bonds is 3. The topological polar surface area (TPSA) is 75.8 Å². The molecule has 1 aliphatic heterocycles. The van der Waals surface area contributed by atoms with Crippen LogP contribution in [0.5, 0.6) is 0 Å². The third-order valence-corrected chi connectivity index (χ3v) is 3.70. The summed E-state index contributed by atoms with van der Waals surface area (Å²) >= 11 is 1.23. The third kappa shape index (κ3) is 3.96. The van der Waals surface area contributed by atoms with E-state index in [0.717, 1.165) is 0 Å². The molecule has 0 aromatic rings. The largest absolute Gasteiger partial charge is 0.405 e. The van der Waals surface area contributed by atoms with Crippen molar-refractivity contribution in [2.75, 3.05) is 6.54 Å². The van der Waals surface area contributed by atoms with E-state index in [4.69, 9.17) is 4.74 Å². The maximum Gasteiger partial charge on any atom is 0.405 e. The van der Waals surface area contributed by atoms with Crippen molar-refractivity contribution in [3.8, 4) is 0 Å². The molecule has 0 radical (unpaired) electrons. The molecular weight excluding hydrogens is 259 g/mol. The second kappa shape index (κ2) is 7.11. The molecule has 0 bridgehead atoms. The number of nitrogens with one attached hydrogen (secondary N) is 1. The van der Waals surface area contributed by atoms with E-state index in [0.29, 0.717) is 11.7 Å². The molecule has 5 unspecified atom stereocenters. The zero-order valence-corrected chi connectivity index (χ0v) is 11.4. The molecule has 7 heteroatoms. The molecule has 5 nitrogen and oxygen atoms in total. The molecule has 1 aliphatic rings. The van der Waals surface area contributed by atoms with E-state index in [1.165, 1.54) is 18.7 Å². The number of amidine groups is 1. The minimum absolute atomic E-state index is 0.222. The van der Waals surface area contributed by atoms with E-state index in [2.05, 4.69) is 16.7 Å². The van der Waals surface area contributed by atoms with Crippen LogP contribution >= 0.6 is 11.8 Å².